The molecule has 54 heavy (non-hydrogen) atoms. The monoisotopic (exact) mass is 732 g/mol. The predicted octanol–water partition coefficient (Wildman–Crippen LogP) is 10.5. The maximum Gasteiger partial charge on any atom is 0.116 e. The molecule has 8 rings (SSSR count). The van der Waals surface area contributed by atoms with Crippen LogP contribution in [0, 0.1) is 0 Å². The Bertz CT molecular complexity index is 1960. The smallest absolute Gasteiger partial charge is 0.0620 e. The molecule has 0 unspecified atom stereocenters. The highest BCUT2D eigenvalue weighted by atomic mass is 31.2. The Balaban J connectivity index is 1.02. The standard InChI is InChI=1S/C52H46P2/c1-7-19-47(20-8-1)53(48-21-9-2-10-22-48,49-23-11-3-12-24-49)41-45-37-33-43(34-38-45)31-32-44-35-39-46(40-36-44)42-54(50-25-13-4-14-26-50,51-27-15-5-16-28-51)52-29-17-6-18-30-52/h1-30,33-40H,31-32,41-42H2/q+2. The van der Waals surface area contributed by atoms with E-state index >= 15 is 0 Å². The lowest BCUT2D eigenvalue weighted by Crippen LogP contribution is -2.32. The van der Waals surface area contributed by atoms with E-state index in [0.717, 1.165) is 25.2 Å². The normalized spacial score (nSPS) is 11.6. The van der Waals surface area contributed by atoms with Crippen LogP contribution in [0.2, 0.25) is 0 Å². The van der Waals surface area contributed by atoms with Crippen LogP contribution in [-0.4, -0.2) is 0 Å². The quantitative estimate of drug-likeness (QED) is 0.104. The SMILES string of the molecule is c1ccc([P+](Cc2ccc(CCc3ccc(C[P+](c4ccccc4)(c4ccccc4)c4ccccc4)cc3)cc2)(c2ccccc2)c2ccccc2)cc1. The lowest BCUT2D eigenvalue weighted by atomic mass is 10.0. The Morgan fingerprint density at radius 1 is 0.204 bits per heavy atom. The van der Waals surface area contributed by atoms with Gasteiger partial charge in [0, 0.05) is 0 Å². The van der Waals surface area contributed by atoms with Gasteiger partial charge >= 0.3 is 0 Å². The van der Waals surface area contributed by atoms with Crippen LogP contribution in [-0.2, 0) is 25.2 Å². The molecular weight excluding hydrogens is 687 g/mol. The van der Waals surface area contributed by atoms with Crippen LogP contribution in [0.25, 0.3) is 0 Å². The number of aryl methyl sites for hydroxylation is 2. The molecule has 0 bridgehead atoms. The molecule has 0 atom stereocenters. The molecule has 8 aromatic rings. The van der Waals surface area contributed by atoms with Crippen LogP contribution in [0.1, 0.15) is 22.3 Å². The molecular formula is C52H46P2+2. The first-order valence-corrected chi connectivity index (χ1v) is 22.9. The first-order valence-electron chi connectivity index (χ1n) is 19.0. The second-order valence-electron chi connectivity index (χ2n) is 14.1. The predicted molar refractivity (Wildman–Crippen MR) is 238 cm³/mol. The lowest BCUT2D eigenvalue weighted by Gasteiger charge is -2.28. The van der Waals surface area contributed by atoms with Gasteiger partial charge in [-0.15, -0.1) is 0 Å². The van der Waals surface area contributed by atoms with Crippen molar-refractivity contribution in [1.29, 1.82) is 0 Å². The third-order valence-electron chi connectivity index (χ3n) is 10.8. The maximum absolute atomic E-state index is 2.38. The Hall–Kier alpha value is -5.38. The van der Waals surface area contributed by atoms with Crippen molar-refractivity contribution in [3.05, 3.63) is 253 Å². The van der Waals surface area contributed by atoms with E-state index in [4.69, 9.17) is 0 Å². The molecule has 0 aliphatic heterocycles. The zero-order valence-electron chi connectivity index (χ0n) is 30.7. The van der Waals surface area contributed by atoms with Crippen molar-refractivity contribution in [1.82, 2.24) is 0 Å². The van der Waals surface area contributed by atoms with Crippen LogP contribution < -0.4 is 31.8 Å². The third kappa shape index (κ3) is 7.52. The lowest BCUT2D eigenvalue weighted by molar-refractivity contribution is 0.958. The summed E-state index contributed by atoms with van der Waals surface area (Å²) in [5.41, 5.74) is 5.53. The average Bonchev–Trinajstić information content (AvgIpc) is 3.27. The van der Waals surface area contributed by atoms with Crippen LogP contribution >= 0.6 is 14.5 Å². The zero-order chi connectivity index (χ0) is 36.5. The Morgan fingerprint density at radius 2 is 0.389 bits per heavy atom. The van der Waals surface area contributed by atoms with E-state index in [0.29, 0.717) is 0 Å². The van der Waals surface area contributed by atoms with Gasteiger partial charge in [-0.25, -0.2) is 0 Å². The fourth-order valence-electron chi connectivity index (χ4n) is 8.00. The summed E-state index contributed by atoms with van der Waals surface area (Å²) in [6.45, 7) is 0. The van der Waals surface area contributed by atoms with Gasteiger partial charge in [-0.3, -0.25) is 0 Å². The molecule has 0 amide bonds. The van der Waals surface area contributed by atoms with Crippen LogP contribution in [0.3, 0.4) is 0 Å². The summed E-state index contributed by atoms with van der Waals surface area (Å²) in [7, 11) is -3.86. The summed E-state index contributed by atoms with van der Waals surface area (Å²) < 4.78 is 0. The number of hydrogen-bond acceptors (Lipinski definition) is 0. The first kappa shape index (κ1) is 35.6. The molecule has 0 aliphatic carbocycles. The van der Waals surface area contributed by atoms with Crippen molar-refractivity contribution in [3.63, 3.8) is 0 Å². The third-order valence-corrected chi connectivity index (χ3v) is 19.5. The summed E-state index contributed by atoms with van der Waals surface area (Å²) in [4.78, 5) is 0. The first-order chi connectivity index (χ1) is 26.7. The van der Waals surface area contributed by atoms with Gasteiger partial charge in [-0.05, 0) is 108 Å². The molecule has 0 heterocycles. The maximum atomic E-state index is 2.38. The number of hydrogen-bond donors (Lipinski definition) is 0. The second kappa shape index (κ2) is 16.7. The molecule has 8 aromatic carbocycles. The average molecular weight is 733 g/mol. The van der Waals surface area contributed by atoms with E-state index in [2.05, 4.69) is 231 Å². The summed E-state index contributed by atoms with van der Waals surface area (Å²) >= 11 is 0. The van der Waals surface area contributed by atoms with E-state index in [9.17, 15) is 0 Å². The molecule has 0 fully saturated rings. The highest BCUT2D eigenvalue weighted by molar-refractivity contribution is 7.95. The van der Waals surface area contributed by atoms with Crippen LogP contribution in [0.4, 0.5) is 0 Å². The fraction of sp³-hybridized carbons (Fsp3) is 0.0769. The van der Waals surface area contributed by atoms with Gasteiger partial charge in [0.05, 0.1) is 12.3 Å². The highest BCUT2D eigenvalue weighted by Crippen LogP contribution is 2.59. The minimum Gasteiger partial charge on any atom is -0.0620 e. The Labute approximate surface area is 322 Å². The van der Waals surface area contributed by atoms with Gasteiger partial charge in [0.25, 0.3) is 0 Å². The van der Waals surface area contributed by atoms with Gasteiger partial charge in [0.15, 0.2) is 0 Å². The molecule has 0 spiro atoms. The Kier molecular flexibility index (Phi) is 11.1. The van der Waals surface area contributed by atoms with Gasteiger partial charge in [-0.1, -0.05) is 158 Å². The van der Waals surface area contributed by atoms with Gasteiger partial charge < -0.3 is 0 Å². The van der Waals surface area contributed by atoms with Gasteiger partial charge in [0.2, 0.25) is 0 Å². The van der Waals surface area contributed by atoms with E-state index in [-0.39, 0.29) is 0 Å². The van der Waals surface area contributed by atoms with Crippen molar-refractivity contribution < 1.29 is 0 Å². The highest BCUT2D eigenvalue weighted by Gasteiger charge is 2.46. The molecule has 262 valence electrons. The van der Waals surface area contributed by atoms with Gasteiger partial charge in [-0.2, -0.15) is 0 Å². The van der Waals surface area contributed by atoms with Gasteiger partial charge in [0.1, 0.15) is 46.4 Å². The van der Waals surface area contributed by atoms with E-state index in [1.807, 2.05) is 0 Å². The van der Waals surface area contributed by atoms with Crippen LogP contribution in [0.15, 0.2) is 231 Å². The molecule has 0 aromatic heterocycles. The van der Waals surface area contributed by atoms with Crippen molar-refractivity contribution in [3.8, 4) is 0 Å². The molecule has 0 saturated heterocycles. The molecule has 0 nitrogen and oxygen atoms in total. The molecule has 0 N–H and O–H groups in total. The number of benzene rings is 8. The molecule has 0 radical (unpaired) electrons. The van der Waals surface area contributed by atoms with Crippen molar-refractivity contribution in [2.45, 2.75) is 25.2 Å². The molecule has 0 saturated carbocycles. The van der Waals surface area contributed by atoms with Crippen molar-refractivity contribution >= 4 is 46.4 Å². The molecule has 2 heteroatoms. The second-order valence-corrected chi connectivity index (χ2v) is 21.1. The van der Waals surface area contributed by atoms with Crippen molar-refractivity contribution in [2.75, 3.05) is 0 Å². The number of rotatable bonds is 13. The minimum absolute atomic E-state index is 0.992. The fourth-order valence-corrected chi connectivity index (χ4v) is 16.5. The largest absolute Gasteiger partial charge is 0.116 e. The summed E-state index contributed by atoms with van der Waals surface area (Å²) in [5.74, 6) is 0. The zero-order valence-corrected chi connectivity index (χ0v) is 32.5. The summed E-state index contributed by atoms with van der Waals surface area (Å²) in [6, 6.07) is 86.1. The van der Waals surface area contributed by atoms with E-state index in [1.165, 1.54) is 54.1 Å². The topological polar surface area (TPSA) is 0 Å². The van der Waals surface area contributed by atoms with Crippen molar-refractivity contribution in [2.24, 2.45) is 0 Å². The summed E-state index contributed by atoms with van der Waals surface area (Å²) in [6.07, 6.45) is 4.02. The Morgan fingerprint density at radius 3 is 0.593 bits per heavy atom. The summed E-state index contributed by atoms with van der Waals surface area (Å²) in [5, 5.41) is 8.53. The van der Waals surface area contributed by atoms with E-state index < -0.39 is 14.5 Å². The minimum atomic E-state index is -1.93. The van der Waals surface area contributed by atoms with Crippen LogP contribution in [0.5, 0.6) is 0 Å². The van der Waals surface area contributed by atoms with E-state index in [1.54, 1.807) is 0 Å². The molecule has 0 aliphatic rings.